The Morgan fingerprint density at radius 2 is 1.07 bits per heavy atom. The Labute approximate surface area is 677 Å². The Bertz CT molecular complexity index is 4030. The van der Waals surface area contributed by atoms with Crippen LogP contribution in [-0.4, -0.2) is 281 Å². The number of nitrogens with two attached hydrogens (primary N) is 1. The number of carbonyl (C=O) groups is 16. The fraction of sp³-hybridized carbons (Fsp3) is 0.579. The van der Waals surface area contributed by atoms with Crippen molar-refractivity contribution < 1.29 is 134 Å². The lowest BCUT2D eigenvalue weighted by Gasteiger charge is -2.39. The van der Waals surface area contributed by atoms with Crippen LogP contribution in [-0.2, 0) is 125 Å². The number of rotatable bonds is 43. The highest BCUT2D eigenvalue weighted by atomic mass is 32.2. The number of carboxylic acids is 1. The molecule has 9 atom stereocenters. The number of methoxy groups -OCH3 is 1. The molecule has 1 saturated heterocycles. The second-order valence-electron chi connectivity index (χ2n) is 30.4. The van der Waals surface area contributed by atoms with E-state index in [0.29, 0.717) is 27.3 Å². The largest absolute Gasteiger partial charge is 0.479 e. The summed E-state index contributed by atoms with van der Waals surface area (Å²) in [4.78, 5) is 205. The summed E-state index contributed by atoms with van der Waals surface area (Å²) >= 11 is 0. The zero-order chi connectivity index (χ0) is 88.0. The fourth-order valence-electron chi connectivity index (χ4n) is 11.1. The summed E-state index contributed by atoms with van der Waals surface area (Å²) in [6, 6.07) is 5.97. The maximum Gasteiger partial charge on any atom is 0.335 e. The standard InChI is InChI=1S/C40H57N5O15.C36H53N7O13S/c1-21(2)31(43-27(46)14-15-44(16-17-58-7)30(49)19-45-28(47)12-13-29(45)48)37(54)41-22(3)36(53)42-25-10-8-24(20-59-39(57)40(4,5)6)23(18-25)9-11-26-32(50)33(51)34(52)35(60-26)38(55)56;1-23(2)31(41-27(44)14-16-42(17-18-55-19-20-57(52,53)54)30(47)21-43-28(45)12-13-29(43)46)33(49)40-26(7-6-15-38-35(37)51)32(48)39-25-10-8-24(9-11-25)22-56-34(50)36(3,4)5/h8,10,12-13,18,21-22,26,31-35,50-52H,9,11,14-17,19-20H2,1-7H3,(H,41,54)(H,42,53)(H,43,46)(H,55,56);8-13,23,26,31H,6-7,14-22H2,1-5H3,(H,39,48)(H,40,49)(H,41,44)(H3,37,38,51)(H,52,53,54)/t22-,26-,31-,32-,33+,34-,35-;26-,31-/m00/s1. The van der Waals surface area contributed by atoms with Crippen LogP contribution in [0.15, 0.2) is 66.8 Å². The number of nitrogens with zero attached hydrogens (tertiary/aromatic N) is 4. The molecular weight excluding hydrogens is 1560 g/mol. The van der Waals surface area contributed by atoms with Crippen molar-refractivity contribution in [1.82, 2.24) is 46.2 Å². The normalized spacial score (nSPS) is 17.7. The third-order valence-corrected chi connectivity index (χ3v) is 18.7. The number of nitrogens with one attached hydrogen (secondary N) is 7. The average Bonchev–Trinajstić information content (AvgIpc) is 1.53. The molecule has 5 rings (SSSR count). The second kappa shape index (κ2) is 46.3. The maximum atomic E-state index is 13.6. The summed E-state index contributed by atoms with van der Waals surface area (Å²) in [6.45, 7) is 16.2. The Kier molecular flexibility index (Phi) is 39.0. The van der Waals surface area contributed by atoms with Gasteiger partial charge in [-0.2, -0.15) is 8.42 Å². The number of amides is 14. The Hall–Kier alpha value is -10.7. The predicted molar refractivity (Wildman–Crippen MR) is 414 cm³/mol. The van der Waals surface area contributed by atoms with E-state index in [4.69, 9.17) is 34.0 Å². The highest BCUT2D eigenvalue weighted by Crippen LogP contribution is 2.28. The first kappa shape index (κ1) is 98.7. The zero-order valence-corrected chi connectivity index (χ0v) is 68.4. The number of carboxylic acid groups (broad SMARTS) is 1. The number of imide groups is 2. The van der Waals surface area contributed by atoms with Crippen molar-refractivity contribution in [3.05, 3.63) is 83.5 Å². The van der Waals surface area contributed by atoms with Crippen LogP contribution in [0.4, 0.5) is 16.2 Å². The Morgan fingerprint density at radius 1 is 0.590 bits per heavy atom. The molecule has 0 radical (unpaired) electrons. The molecule has 2 aromatic rings. The van der Waals surface area contributed by atoms with Gasteiger partial charge in [-0.25, -0.2) is 9.59 Å². The van der Waals surface area contributed by atoms with E-state index in [9.17, 15) is 106 Å². The number of aliphatic hydroxyl groups is 3. The predicted octanol–water partition coefficient (Wildman–Crippen LogP) is -1.15. The van der Waals surface area contributed by atoms with Gasteiger partial charge in [-0.05, 0) is 127 Å². The third-order valence-electron chi connectivity index (χ3n) is 18.1. The minimum Gasteiger partial charge on any atom is -0.479 e. The molecule has 3 aliphatic rings. The van der Waals surface area contributed by atoms with E-state index in [0.717, 1.165) is 34.1 Å². The molecule has 2 aromatic carbocycles. The number of carbonyl (C=O) groups excluding carboxylic acids is 15. The van der Waals surface area contributed by atoms with Crippen molar-refractivity contribution >= 4 is 116 Å². The van der Waals surface area contributed by atoms with Crippen LogP contribution >= 0.6 is 0 Å². The number of aliphatic hydroxyl groups excluding tert-OH is 3. The zero-order valence-electron chi connectivity index (χ0n) is 67.5. The van der Waals surface area contributed by atoms with Gasteiger partial charge in [-0.3, -0.25) is 81.5 Å². The molecule has 117 heavy (non-hydrogen) atoms. The number of ether oxygens (including phenoxy) is 5. The molecule has 0 saturated carbocycles. The molecule has 3 aliphatic heterocycles. The number of esters is 2. The van der Waals surface area contributed by atoms with Crippen LogP contribution in [0.2, 0.25) is 0 Å². The van der Waals surface area contributed by atoms with Crippen LogP contribution in [0.5, 0.6) is 0 Å². The first-order chi connectivity index (χ1) is 54.6. The molecule has 3 heterocycles. The maximum absolute atomic E-state index is 13.6. The van der Waals surface area contributed by atoms with Crippen LogP contribution in [0.1, 0.15) is 125 Å². The van der Waals surface area contributed by atoms with Crippen molar-refractivity contribution in [2.75, 3.05) is 89.1 Å². The molecule has 14 N–H and O–H groups in total. The topological polar surface area (TPSA) is 578 Å². The molecule has 0 bridgehead atoms. The minimum atomic E-state index is -4.30. The highest BCUT2D eigenvalue weighted by molar-refractivity contribution is 7.85. The van der Waals surface area contributed by atoms with Crippen molar-refractivity contribution in [1.29, 1.82) is 0 Å². The van der Waals surface area contributed by atoms with Crippen LogP contribution < -0.4 is 43.0 Å². The van der Waals surface area contributed by atoms with E-state index >= 15 is 0 Å². The number of hydrogen-bond acceptors (Lipinski definition) is 26. The molecular formula is C76H110N12O28S. The number of aliphatic carboxylic acids is 1. The number of anilines is 2. The number of urea groups is 1. The number of benzene rings is 2. The lowest BCUT2D eigenvalue weighted by molar-refractivity contribution is -0.228. The number of aryl methyl sites for hydroxylation is 1. The monoisotopic (exact) mass is 1670 g/mol. The van der Waals surface area contributed by atoms with Gasteiger partial charge < -0.3 is 96.9 Å². The molecule has 0 aliphatic carbocycles. The average molecular weight is 1670 g/mol. The summed E-state index contributed by atoms with van der Waals surface area (Å²) in [5.41, 5.74) is 6.01. The summed E-state index contributed by atoms with van der Waals surface area (Å²) in [6.07, 6.45) is -4.37. The van der Waals surface area contributed by atoms with Crippen molar-refractivity contribution in [3.8, 4) is 0 Å². The SMILES string of the molecule is CC(C)[C@H](NC(=O)CCN(CCOCCS(=O)(=O)O)C(=O)CN1C(=O)C=CC1=O)C(=O)N[C@@H](CCCNC(N)=O)C(=O)Nc1ccc(COC(=O)C(C)(C)C)cc1.COCCN(CCC(=O)N[C@H](C(=O)N[C@@H](C)C(=O)Nc1ccc(COC(=O)C(C)(C)C)c(CC[C@@H]2O[C@H](C(=O)O)[C@@H](O)[C@H](O)[C@H]2O)c1)C(C)C)C(=O)CN1C(=O)C=CC1=O. The first-order valence-electron chi connectivity index (χ1n) is 37.6. The van der Waals surface area contributed by atoms with Gasteiger partial charge >= 0.3 is 23.9 Å². The third kappa shape index (κ3) is 33.4. The van der Waals surface area contributed by atoms with E-state index in [-0.39, 0.29) is 116 Å². The van der Waals surface area contributed by atoms with Gasteiger partial charge in [0.2, 0.25) is 47.3 Å². The molecule has 0 unspecified atom stereocenters. The smallest absolute Gasteiger partial charge is 0.335 e. The molecule has 1 fully saturated rings. The van der Waals surface area contributed by atoms with Gasteiger partial charge in [-0.15, -0.1) is 0 Å². The van der Waals surface area contributed by atoms with Gasteiger partial charge in [-0.1, -0.05) is 45.9 Å². The molecule has 41 heteroatoms. The molecule has 40 nitrogen and oxygen atoms in total. The lowest BCUT2D eigenvalue weighted by Crippen LogP contribution is -2.59. The number of primary amides is 1. The van der Waals surface area contributed by atoms with E-state index in [1.165, 1.54) is 25.0 Å². The van der Waals surface area contributed by atoms with Crippen LogP contribution in [0, 0.1) is 22.7 Å². The molecule has 0 aromatic heterocycles. The van der Waals surface area contributed by atoms with Crippen molar-refractivity contribution in [2.24, 2.45) is 28.4 Å². The first-order valence-corrected chi connectivity index (χ1v) is 39.2. The van der Waals surface area contributed by atoms with Crippen LogP contribution in [0.25, 0.3) is 0 Å². The second-order valence-corrected chi connectivity index (χ2v) is 32.0. The quantitative estimate of drug-likeness (QED) is 0.0161. The van der Waals surface area contributed by atoms with Gasteiger partial charge in [0.15, 0.2) is 6.10 Å². The van der Waals surface area contributed by atoms with E-state index < -0.39 is 195 Å². The van der Waals surface area contributed by atoms with Crippen LogP contribution in [0.3, 0.4) is 0 Å². The lowest BCUT2D eigenvalue weighted by atomic mass is 9.91. The van der Waals surface area contributed by atoms with Gasteiger partial charge in [0.25, 0.3) is 33.7 Å². The van der Waals surface area contributed by atoms with E-state index in [1.54, 1.807) is 106 Å². The fourth-order valence-corrected chi connectivity index (χ4v) is 11.4. The molecule has 14 amide bonds. The van der Waals surface area contributed by atoms with Crippen molar-refractivity contribution in [2.45, 2.75) is 183 Å². The molecule has 648 valence electrons. The van der Waals surface area contributed by atoms with Gasteiger partial charge in [0.05, 0.1) is 42.5 Å². The molecule has 0 spiro atoms. The highest BCUT2D eigenvalue weighted by Gasteiger charge is 2.47. The van der Waals surface area contributed by atoms with Gasteiger partial charge in [0.1, 0.15) is 68.8 Å². The summed E-state index contributed by atoms with van der Waals surface area (Å²) < 4.78 is 57.4. The number of hydrogen-bond donors (Lipinski definition) is 13. The summed E-state index contributed by atoms with van der Waals surface area (Å²) in [5.74, 6) is -11.8. The van der Waals surface area contributed by atoms with E-state index in [2.05, 4.69) is 37.2 Å². The van der Waals surface area contributed by atoms with Gasteiger partial charge in [0, 0.05) is 88.4 Å². The Balaban J connectivity index is 0.000000493. The minimum absolute atomic E-state index is 0.0267. The summed E-state index contributed by atoms with van der Waals surface area (Å²) in [5, 5.41) is 58.7. The van der Waals surface area contributed by atoms with E-state index in [1.807, 2.05) is 0 Å². The summed E-state index contributed by atoms with van der Waals surface area (Å²) in [7, 11) is -2.87. The Morgan fingerprint density at radius 3 is 1.54 bits per heavy atom. The van der Waals surface area contributed by atoms with Crippen molar-refractivity contribution in [3.63, 3.8) is 0 Å².